The molecule has 0 fully saturated rings. The van der Waals surface area contributed by atoms with Gasteiger partial charge in [-0.25, -0.2) is 0 Å². The van der Waals surface area contributed by atoms with Crippen LogP contribution in [-0.2, 0) is 9.22 Å². The smallest absolute Gasteiger partial charge is 0.261 e. The Kier molecular flexibility index (Phi) is 6.15. The number of benzene rings is 2. The van der Waals surface area contributed by atoms with E-state index in [1.54, 1.807) is 0 Å². The normalized spacial score (nSPS) is 11.6. The zero-order valence-corrected chi connectivity index (χ0v) is 15.8. The number of carbonyl (C=O) groups is 1. The van der Waals surface area contributed by atoms with Crippen molar-refractivity contribution in [3.63, 3.8) is 0 Å². The molecule has 0 bridgehead atoms. The van der Waals surface area contributed by atoms with Crippen molar-refractivity contribution in [2.24, 2.45) is 5.11 Å². The third kappa shape index (κ3) is 4.17. The molecular weight excluding hydrogens is 330 g/mol. The van der Waals surface area contributed by atoms with Crippen LogP contribution in [0.3, 0.4) is 0 Å². The van der Waals surface area contributed by atoms with E-state index in [-0.39, 0.29) is 24.0 Å². The Morgan fingerprint density at radius 1 is 1.04 bits per heavy atom. The number of azide groups is 1. The third-order valence-corrected chi connectivity index (χ3v) is 9.16. The van der Waals surface area contributed by atoms with Crippen molar-refractivity contribution in [1.29, 1.82) is 0 Å². The van der Waals surface area contributed by atoms with Crippen molar-refractivity contribution in [3.8, 4) is 0 Å². The number of ketones is 1. The molecule has 2 aromatic carbocycles. The topological polar surface area (TPSA) is 75.1 Å². The standard InChI is InChI=1S/C19H23N3O2Si/c1-19(2,3)25(17-10-6-4-7-11-17,18-12-8-5-9-13-18)24-15-16(23)14-21-22-20/h4-13H,14-15H2,1-3H3. The predicted molar refractivity (Wildman–Crippen MR) is 103 cm³/mol. The Morgan fingerprint density at radius 2 is 1.52 bits per heavy atom. The fourth-order valence-electron chi connectivity index (χ4n) is 3.11. The second-order valence-corrected chi connectivity index (χ2v) is 11.2. The molecule has 0 amide bonds. The lowest BCUT2D eigenvalue weighted by molar-refractivity contribution is -0.119. The maximum absolute atomic E-state index is 12.1. The highest BCUT2D eigenvalue weighted by Gasteiger charge is 2.50. The summed E-state index contributed by atoms with van der Waals surface area (Å²) in [5, 5.41) is 5.39. The van der Waals surface area contributed by atoms with Crippen molar-refractivity contribution in [1.82, 2.24) is 0 Å². The minimum absolute atomic E-state index is 0.0632. The van der Waals surface area contributed by atoms with Crippen LogP contribution in [0.4, 0.5) is 0 Å². The third-order valence-electron chi connectivity index (χ3n) is 4.18. The van der Waals surface area contributed by atoms with Gasteiger partial charge in [-0.15, -0.1) is 0 Å². The van der Waals surface area contributed by atoms with Gasteiger partial charge in [-0.1, -0.05) is 86.5 Å². The minimum atomic E-state index is -2.71. The van der Waals surface area contributed by atoms with Crippen LogP contribution in [0.25, 0.3) is 10.4 Å². The zero-order chi connectivity index (χ0) is 18.3. The van der Waals surface area contributed by atoms with E-state index in [0.717, 1.165) is 10.4 Å². The number of nitrogens with zero attached hydrogens (tertiary/aromatic N) is 3. The summed E-state index contributed by atoms with van der Waals surface area (Å²) >= 11 is 0. The molecule has 130 valence electrons. The van der Waals surface area contributed by atoms with Crippen LogP contribution in [0.15, 0.2) is 65.8 Å². The highest BCUT2D eigenvalue weighted by atomic mass is 28.4. The molecule has 2 rings (SSSR count). The maximum atomic E-state index is 12.1. The molecule has 0 aliphatic carbocycles. The van der Waals surface area contributed by atoms with Gasteiger partial charge >= 0.3 is 0 Å². The minimum Gasteiger partial charge on any atom is -0.400 e. The van der Waals surface area contributed by atoms with Gasteiger partial charge in [0.25, 0.3) is 8.32 Å². The van der Waals surface area contributed by atoms with Gasteiger partial charge in [-0.3, -0.25) is 4.79 Å². The fraction of sp³-hybridized carbons (Fsp3) is 0.316. The van der Waals surface area contributed by atoms with Gasteiger partial charge < -0.3 is 4.43 Å². The van der Waals surface area contributed by atoms with E-state index >= 15 is 0 Å². The summed E-state index contributed by atoms with van der Waals surface area (Å²) in [5.41, 5.74) is 8.40. The van der Waals surface area contributed by atoms with Crippen molar-refractivity contribution in [3.05, 3.63) is 71.1 Å². The molecule has 0 aliphatic heterocycles. The lowest BCUT2D eigenvalue weighted by Gasteiger charge is -2.42. The molecular formula is C19H23N3O2Si. The molecule has 6 heteroatoms. The number of rotatable bonds is 7. The number of Topliss-reactive ketones (excluding diaryl/α,β-unsaturated/α-hetero) is 1. The van der Waals surface area contributed by atoms with E-state index in [4.69, 9.17) is 9.96 Å². The first-order chi connectivity index (χ1) is 11.9. The molecule has 0 unspecified atom stereocenters. The SMILES string of the molecule is CC(C)(C)[Si](OCC(=O)CN=[N+]=[N-])(c1ccccc1)c1ccccc1. The lowest BCUT2D eigenvalue weighted by Crippen LogP contribution is -2.67. The van der Waals surface area contributed by atoms with Gasteiger partial charge in [-0.05, 0) is 20.9 Å². The molecule has 5 nitrogen and oxygen atoms in total. The van der Waals surface area contributed by atoms with Gasteiger partial charge in [0.1, 0.15) is 0 Å². The van der Waals surface area contributed by atoms with Crippen molar-refractivity contribution in [2.75, 3.05) is 13.2 Å². The van der Waals surface area contributed by atoms with Gasteiger partial charge in [0.05, 0.1) is 13.2 Å². The Hall–Kier alpha value is -2.40. The van der Waals surface area contributed by atoms with Crippen molar-refractivity contribution < 1.29 is 9.22 Å². The second kappa shape index (κ2) is 8.12. The average molecular weight is 353 g/mol. The Morgan fingerprint density at radius 3 is 1.92 bits per heavy atom. The van der Waals surface area contributed by atoms with E-state index in [2.05, 4.69) is 55.1 Å². The van der Waals surface area contributed by atoms with E-state index in [9.17, 15) is 4.79 Å². The molecule has 0 spiro atoms. The van der Waals surface area contributed by atoms with E-state index in [0.29, 0.717) is 0 Å². The maximum Gasteiger partial charge on any atom is 0.261 e. The second-order valence-electron chi connectivity index (χ2n) is 6.88. The van der Waals surface area contributed by atoms with Crippen LogP contribution in [-0.4, -0.2) is 27.3 Å². The van der Waals surface area contributed by atoms with Gasteiger partial charge in [-0.2, -0.15) is 0 Å². The number of hydrogen-bond acceptors (Lipinski definition) is 3. The first-order valence-electron chi connectivity index (χ1n) is 8.19. The van der Waals surface area contributed by atoms with Gasteiger partial charge in [0, 0.05) is 4.91 Å². The average Bonchev–Trinajstić information content (AvgIpc) is 2.61. The Bertz CT molecular complexity index is 712. The first-order valence-corrected chi connectivity index (χ1v) is 10.1. The van der Waals surface area contributed by atoms with E-state index < -0.39 is 8.32 Å². The number of hydrogen-bond donors (Lipinski definition) is 0. The Labute approximate surface area is 149 Å². The lowest BCUT2D eigenvalue weighted by atomic mass is 10.2. The largest absolute Gasteiger partial charge is 0.400 e. The highest BCUT2D eigenvalue weighted by molar-refractivity contribution is 6.99. The molecule has 0 N–H and O–H groups in total. The quantitative estimate of drug-likeness (QED) is 0.331. The summed E-state index contributed by atoms with van der Waals surface area (Å²) < 4.78 is 6.43. The summed E-state index contributed by atoms with van der Waals surface area (Å²) in [5.74, 6) is -0.217. The summed E-state index contributed by atoms with van der Waals surface area (Å²) in [4.78, 5) is 14.7. The Balaban J connectivity index is 2.53. The van der Waals surface area contributed by atoms with Crippen LogP contribution < -0.4 is 10.4 Å². The molecule has 0 aromatic heterocycles. The summed E-state index contributed by atoms with van der Waals surface area (Å²) in [6, 6.07) is 20.2. The molecule has 0 saturated carbocycles. The fourth-order valence-corrected chi connectivity index (χ4v) is 7.64. The van der Waals surface area contributed by atoms with Crippen molar-refractivity contribution >= 4 is 24.5 Å². The van der Waals surface area contributed by atoms with Gasteiger partial charge in [0.15, 0.2) is 5.78 Å². The molecule has 0 saturated heterocycles. The predicted octanol–water partition coefficient (Wildman–Crippen LogP) is 3.44. The molecule has 2 aromatic rings. The molecule has 0 heterocycles. The molecule has 0 aliphatic rings. The monoisotopic (exact) mass is 353 g/mol. The van der Waals surface area contributed by atoms with Crippen LogP contribution in [0.1, 0.15) is 20.8 Å². The van der Waals surface area contributed by atoms with Crippen LogP contribution in [0.2, 0.25) is 5.04 Å². The summed E-state index contributed by atoms with van der Waals surface area (Å²) in [6.07, 6.45) is 0. The van der Waals surface area contributed by atoms with Crippen LogP contribution in [0, 0.1) is 0 Å². The van der Waals surface area contributed by atoms with E-state index in [1.807, 2.05) is 36.4 Å². The summed E-state index contributed by atoms with van der Waals surface area (Å²) in [6.45, 7) is 6.20. The zero-order valence-electron chi connectivity index (χ0n) is 14.8. The molecule has 0 radical (unpaired) electrons. The first kappa shape index (κ1) is 18.9. The molecule has 0 atom stereocenters. The summed E-state index contributed by atoms with van der Waals surface area (Å²) in [7, 11) is -2.71. The van der Waals surface area contributed by atoms with Crippen LogP contribution in [0.5, 0.6) is 0 Å². The van der Waals surface area contributed by atoms with Crippen LogP contribution >= 0.6 is 0 Å². The number of carbonyl (C=O) groups excluding carboxylic acids is 1. The van der Waals surface area contributed by atoms with E-state index in [1.165, 1.54) is 0 Å². The van der Waals surface area contributed by atoms with Crippen molar-refractivity contribution in [2.45, 2.75) is 25.8 Å². The van der Waals surface area contributed by atoms with Gasteiger partial charge in [0.2, 0.25) is 0 Å². The highest BCUT2D eigenvalue weighted by Crippen LogP contribution is 2.36. The molecule has 25 heavy (non-hydrogen) atoms.